The zero-order valence-corrected chi connectivity index (χ0v) is 16.6. The maximum absolute atomic E-state index is 13.3. The Morgan fingerprint density at radius 3 is 2.68 bits per heavy atom. The molecule has 0 saturated carbocycles. The van der Waals surface area contributed by atoms with Crippen molar-refractivity contribution in [3.05, 3.63) is 51.9 Å². The summed E-state index contributed by atoms with van der Waals surface area (Å²) in [5, 5.41) is 0.682. The smallest absolute Gasteiger partial charge is 0.336 e. The highest BCUT2D eigenvalue weighted by atomic mass is 16.5. The number of fused-ring (bicyclic) bond motifs is 6. The Bertz CT molecular complexity index is 1090. The third-order valence-electron chi connectivity index (χ3n) is 5.36. The van der Waals surface area contributed by atoms with E-state index in [0.717, 1.165) is 17.5 Å². The summed E-state index contributed by atoms with van der Waals surface area (Å²) < 4.78 is 18.0. The number of rotatable bonds is 3. The van der Waals surface area contributed by atoms with E-state index in [9.17, 15) is 9.59 Å². The normalized spacial score (nSPS) is 22.2. The van der Waals surface area contributed by atoms with Gasteiger partial charge in [-0.05, 0) is 44.9 Å². The van der Waals surface area contributed by atoms with Crippen molar-refractivity contribution in [2.24, 2.45) is 5.92 Å². The molecule has 2 atom stereocenters. The van der Waals surface area contributed by atoms with E-state index < -0.39 is 17.1 Å². The molecule has 146 valence electrons. The summed E-state index contributed by atoms with van der Waals surface area (Å²) in [6, 6.07) is 1.49. The Morgan fingerprint density at radius 1 is 1.25 bits per heavy atom. The summed E-state index contributed by atoms with van der Waals surface area (Å²) in [4.78, 5) is 25.6. The van der Waals surface area contributed by atoms with E-state index >= 15 is 0 Å². The van der Waals surface area contributed by atoms with Gasteiger partial charge in [-0.1, -0.05) is 19.4 Å². The number of benzene rings is 1. The average Bonchev–Trinajstić information content (AvgIpc) is 2.60. The van der Waals surface area contributed by atoms with Crippen molar-refractivity contribution in [1.29, 1.82) is 0 Å². The number of hydrogen-bond acceptors (Lipinski definition) is 5. The Morgan fingerprint density at radius 2 is 2.00 bits per heavy atom. The summed E-state index contributed by atoms with van der Waals surface area (Å²) in [6.45, 7) is 11.6. The lowest BCUT2D eigenvalue weighted by Gasteiger charge is -2.34. The van der Waals surface area contributed by atoms with E-state index in [1.165, 1.54) is 6.07 Å². The number of ether oxygens (including phenoxy) is 2. The average molecular weight is 380 g/mol. The van der Waals surface area contributed by atoms with Crippen molar-refractivity contribution in [3.8, 4) is 11.5 Å². The lowest BCUT2D eigenvalue weighted by atomic mass is 9.85. The van der Waals surface area contributed by atoms with Crippen molar-refractivity contribution in [2.45, 2.75) is 52.2 Å². The molecular weight excluding hydrogens is 356 g/mol. The Balaban J connectivity index is 2.18. The summed E-state index contributed by atoms with van der Waals surface area (Å²) in [5.74, 6) is 0.373. The number of ketones is 1. The van der Waals surface area contributed by atoms with Gasteiger partial charge in [0.2, 0.25) is 0 Å². The molecule has 4 rings (SSSR count). The quantitative estimate of drug-likeness (QED) is 0.571. The van der Waals surface area contributed by atoms with Crippen LogP contribution >= 0.6 is 0 Å². The van der Waals surface area contributed by atoms with Crippen LogP contribution in [-0.2, 0) is 6.42 Å². The summed E-state index contributed by atoms with van der Waals surface area (Å²) in [5.41, 5.74) is 1.09. The predicted octanol–water partition coefficient (Wildman–Crippen LogP) is 4.70. The Hall–Kier alpha value is -2.82. The van der Waals surface area contributed by atoms with Crippen molar-refractivity contribution in [1.82, 2.24) is 0 Å². The van der Waals surface area contributed by atoms with Gasteiger partial charge in [0, 0.05) is 6.07 Å². The van der Waals surface area contributed by atoms with Crippen LogP contribution in [0.25, 0.3) is 17.0 Å². The zero-order valence-electron chi connectivity index (χ0n) is 16.6. The van der Waals surface area contributed by atoms with Crippen molar-refractivity contribution >= 4 is 22.8 Å². The third kappa shape index (κ3) is 2.68. The fourth-order valence-corrected chi connectivity index (χ4v) is 4.03. The summed E-state index contributed by atoms with van der Waals surface area (Å²) >= 11 is 0. The molecule has 1 aromatic heterocycles. The molecule has 1 aromatic carbocycles. The maximum Gasteiger partial charge on any atom is 0.336 e. The van der Waals surface area contributed by atoms with Gasteiger partial charge in [-0.2, -0.15) is 0 Å². The number of carbonyl (C=O) groups excluding carboxylic acids is 1. The third-order valence-corrected chi connectivity index (χ3v) is 5.36. The molecule has 2 aliphatic heterocycles. The van der Waals surface area contributed by atoms with E-state index in [0.29, 0.717) is 28.9 Å². The molecule has 2 aromatic rings. The van der Waals surface area contributed by atoms with Crippen LogP contribution in [0, 0.1) is 5.92 Å². The molecule has 0 amide bonds. The minimum atomic E-state index is -0.526. The number of carbonyl (C=O) groups is 1. The van der Waals surface area contributed by atoms with Crippen LogP contribution in [0.1, 0.15) is 55.6 Å². The minimum Gasteiger partial charge on any atom is -0.488 e. The Labute approximate surface area is 163 Å². The lowest BCUT2D eigenvalue weighted by molar-refractivity contribution is 0.0770. The van der Waals surface area contributed by atoms with E-state index in [1.807, 2.05) is 39.8 Å². The van der Waals surface area contributed by atoms with Gasteiger partial charge in [-0.3, -0.25) is 4.79 Å². The molecular formula is C23H24O5. The van der Waals surface area contributed by atoms with Crippen molar-refractivity contribution < 1.29 is 18.7 Å². The molecule has 28 heavy (non-hydrogen) atoms. The Kier molecular flexibility index (Phi) is 4.21. The molecule has 0 aliphatic carbocycles. The van der Waals surface area contributed by atoms with Crippen LogP contribution in [0.4, 0.5) is 0 Å². The fourth-order valence-electron chi connectivity index (χ4n) is 4.03. The van der Waals surface area contributed by atoms with Gasteiger partial charge in [0.25, 0.3) is 0 Å². The second kappa shape index (κ2) is 6.36. The monoisotopic (exact) mass is 380 g/mol. The first kappa shape index (κ1) is 18.5. The first-order chi connectivity index (χ1) is 13.3. The molecule has 2 aliphatic rings. The second-order valence-corrected chi connectivity index (χ2v) is 7.98. The molecule has 0 fully saturated rings. The van der Waals surface area contributed by atoms with Gasteiger partial charge in [0.05, 0.1) is 16.9 Å². The lowest BCUT2D eigenvalue weighted by Crippen LogP contribution is -2.36. The number of aryl methyl sites for hydroxylation is 1. The van der Waals surface area contributed by atoms with E-state index in [-0.39, 0.29) is 17.5 Å². The molecule has 3 heterocycles. The summed E-state index contributed by atoms with van der Waals surface area (Å²) in [7, 11) is 0. The SMILES string of the molecule is C=CC1C(=O)c2c(c3c(c4c(CCC)cc(=O)oc24)OC(C)(C)C=C3)O[C@@H]1C. The van der Waals surface area contributed by atoms with Gasteiger partial charge in [0.15, 0.2) is 11.4 Å². The molecule has 0 radical (unpaired) electrons. The molecule has 5 heteroatoms. The largest absolute Gasteiger partial charge is 0.488 e. The standard InChI is InChI=1S/C23H24O5/c1-6-8-13-11-16(24)27-22-17(13)21-15(9-10-23(4,5)28-21)20-18(22)19(25)14(7-2)12(3)26-20/h7,9-12,14H,2,6,8H2,1,3-5H3/t12-,14?/m1/s1. The van der Waals surface area contributed by atoms with Gasteiger partial charge in [-0.25, -0.2) is 4.79 Å². The molecule has 0 spiro atoms. The molecule has 0 saturated heterocycles. The fraction of sp³-hybridized carbons (Fsp3) is 0.391. The number of hydrogen-bond donors (Lipinski definition) is 0. The first-order valence-electron chi connectivity index (χ1n) is 9.65. The molecule has 1 unspecified atom stereocenters. The molecule has 5 nitrogen and oxygen atoms in total. The van der Waals surface area contributed by atoms with Gasteiger partial charge < -0.3 is 13.9 Å². The topological polar surface area (TPSA) is 65.7 Å². The van der Waals surface area contributed by atoms with Crippen molar-refractivity contribution in [2.75, 3.05) is 0 Å². The molecule has 0 bridgehead atoms. The van der Waals surface area contributed by atoms with E-state index in [2.05, 4.69) is 6.58 Å². The highest BCUT2D eigenvalue weighted by Gasteiger charge is 2.40. The van der Waals surface area contributed by atoms with Gasteiger partial charge in [-0.15, -0.1) is 6.58 Å². The van der Waals surface area contributed by atoms with Crippen molar-refractivity contribution in [3.63, 3.8) is 0 Å². The number of Topliss-reactive ketones (excluding diaryl/α,β-unsaturated/α-hetero) is 1. The highest BCUT2D eigenvalue weighted by Crippen LogP contribution is 2.49. The van der Waals surface area contributed by atoms with Crippen LogP contribution in [0.15, 0.2) is 34.0 Å². The van der Waals surface area contributed by atoms with Crippen LogP contribution in [-0.4, -0.2) is 17.5 Å². The van der Waals surface area contributed by atoms with Gasteiger partial charge >= 0.3 is 5.63 Å². The minimum absolute atomic E-state index is 0.147. The van der Waals surface area contributed by atoms with Gasteiger partial charge in [0.1, 0.15) is 28.8 Å². The second-order valence-electron chi connectivity index (χ2n) is 7.98. The maximum atomic E-state index is 13.3. The van der Waals surface area contributed by atoms with Crippen LogP contribution in [0.5, 0.6) is 11.5 Å². The van der Waals surface area contributed by atoms with E-state index in [1.54, 1.807) is 6.08 Å². The van der Waals surface area contributed by atoms with Crippen LogP contribution in [0.3, 0.4) is 0 Å². The molecule has 0 N–H and O–H groups in total. The van der Waals surface area contributed by atoms with E-state index in [4.69, 9.17) is 13.9 Å². The van der Waals surface area contributed by atoms with Crippen LogP contribution in [0.2, 0.25) is 0 Å². The van der Waals surface area contributed by atoms with Crippen LogP contribution < -0.4 is 15.1 Å². The summed E-state index contributed by atoms with van der Waals surface area (Å²) in [6.07, 6.45) is 6.62. The first-order valence-corrected chi connectivity index (χ1v) is 9.65. The highest BCUT2D eigenvalue weighted by molar-refractivity contribution is 6.14. The zero-order chi connectivity index (χ0) is 20.2. The predicted molar refractivity (Wildman–Crippen MR) is 108 cm³/mol.